The highest BCUT2D eigenvalue weighted by atomic mass is 16.5. The van der Waals surface area contributed by atoms with Gasteiger partial charge in [0, 0.05) is 19.2 Å². The predicted molar refractivity (Wildman–Crippen MR) is 72.5 cm³/mol. The first kappa shape index (κ1) is 16.9. The van der Waals surface area contributed by atoms with Crippen LogP contribution >= 0.6 is 0 Å². The molecule has 1 heterocycles. The maximum absolute atomic E-state index is 11.9. The van der Waals surface area contributed by atoms with E-state index in [-0.39, 0.29) is 31.1 Å². The lowest BCUT2D eigenvalue weighted by Crippen LogP contribution is -2.49. The van der Waals surface area contributed by atoms with Crippen LogP contribution < -0.4 is 5.32 Å². The number of ether oxygens (including phenoxy) is 2. The van der Waals surface area contributed by atoms with Crippen LogP contribution in [-0.2, 0) is 19.1 Å². The third kappa shape index (κ3) is 4.73. The topological polar surface area (TPSA) is 88.1 Å². The third-order valence-corrected chi connectivity index (χ3v) is 3.41. The molecule has 1 saturated heterocycles. The molecule has 0 radical (unpaired) electrons. The van der Waals surface area contributed by atoms with Gasteiger partial charge in [-0.15, -0.1) is 0 Å². The molecule has 3 unspecified atom stereocenters. The monoisotopic (exact) mass is 288 g/mol. The average molecular weight is 288 g/mol. The Hall–Kier alpha value is -1.18. The van der Waals surface area contributed by atoms with Gasteiger partial charge in [-0.1, -0.05) is 6.92 Å². The predicted octanol–water partition coefficient (Wildman–Crippen LogP) is -0.441. The first-order valence-corrected chi connectivity index (χ1v) is 6.82. The molecule has 3 atom stereocenters. The third-order valence-electron chi connectivity index (χ3n) is 3.41. The number of nitrogens with one attached hydrogen (secondary N) is 1. The van der Waals surface area contributed by atoms with Crippen LogP contribution in [0.25, 0.3) is 0 Å². The number of likely N-dealkylation sites (N-methyl/N-ethyl adjacent to an activating group) is 1. The lowest BCUT2D eigenvalue weighted by Gasteiger charge is -2.28. The van der Waals surface area contributed by atoms with Crippen molar-refractivity contribution in [2.24, 2.45) is 5.92 Å². The van der Waals surface area contributed by atoms with Gasteiger partial charge in [-0.2, -0.15) is 0 Å². The quantitative estimate of drug-likeness (QED) is 0.629. The Morgan fingerprint density at radius 1 is 1.50 bits per heavy atom. The van der Waals surface area contributed by atoms with Gasteiger partial charge in [0.2, 0.25) is 5.91 Å². The Bertz CT molecular complexity index is 337. The van der Waals surface area contributed by atoms with Gasteiger partial charge in [0.05, 0.1) is 32.3 Å². The first-order valence-electron chi connectivity index (χ1n) is 6.82. The van der Waals surface area contributed by atoms with Crippen molar-refractivity contribution in [3.8, 4) is 0 Å². The minimum absolute atomic E-state index is 0.0682. The van der Waals surface area contributed by atoms with Crippen molar-refractivity contribution in [3.05, 3.63) is 0 Å². The minimum Gasteiger partial charge on any atom is -0.481 e. The molecule has 116 valence electrons. The zero-order valence-corrected chi connectivity index (χ0v) is 12.3. The smallest absolute Gasteiger partial charge is 0.310 e. The molecular formula is C13H24N2O5. The van der Waals surface area contributed by atoms with Crippen molar-refractivity contribution in [3.63, 3.8) is 0 Å². The molecule has 7 heteroatoms. The molecule has 20 heavy (non-hydrogen) atoms. The summed E-state index contributed by atoms with van der Waals surface area (Å²) in [6.45, 7) is 5.54. The number of aliphatic carboxylic acids is 1. The number of amides is 1. The van der Waals surface area contributed by atoms with E-state index in [1.165, 1.54) is 0 Å². The van der Waals surface area contributed by atoms with Crippen LogP contribution in [0.5, 0.6) is 0 Å². The van der Waals surface area contributed by atoms with Crippen LogP contribution in [0.3, 0.4) is 0 Å². The van der Waals surface area contributed by atoms with E-state index in [0.29, 0.717) is 19.8 Å². The van der Waals surface area contributed by atoms with Crippen LogP contribution in [0.2, 0.25) is 0 Å². The number of nitrogens with zero attached hydrogens (tertiary/aromatic N) is 1. The fraction of sp³-hybridized carbons (Fsp3) is 0.846. The van der Waals surface area contributed by atoms with Gasteiger partial charge in [-0.05, 0) is 13.5 Å². The summed E-state index contributed by atoms with van der Waals surface area (Å²) in [5.41, 5.74) is 0. The van der Waals surface area contributed by atoms with E-state index in [0.717, 1.165) is 0 Å². The highest BCUT2D eigenvalue weighted by molar-refractivity contribution is 5.78. The highest BCUT2D eigenvalue weighted by Gasteiger charge is 2.38. The maximum atomic E-state index is 11.9. The van der Waals surface area contributed by atoms with Crippen molar-refractivity contribution in [2.75, 3.05) is 40.0 Å². The van der Waals surface area contributed by atoms with Gasteiger partial charge in [-0.3, -0.25) is 14.5 Å². The number of carboxylic acid groups (broad SMARTS) is 1. The van der Waals surface area contributed by atoms with Gasteiger partial charge < -0.3 is 19.9 Å². The minimum atomic E-state index is -0.876. The molecule has 7 nitrogen and oxygen atoms in total. The molecular weight excluding hydrogens is 264 g/mol. The summed E-state index contributed by atoms with van der Waals surface area (Å²) in [6.07, 6.45) is 0. The molecule has 1 aliphatic rings. The van der Waals surface area contributed by atoms with Gasteiger partial charge in [-0.25, -0.2) is 0 Å². The molecule has 0 aromatic heterocycles. The van der Waals surface area contributed by atoms with E-state index in [9.17, 15) is 9.59 Å². The Kier molecular flexibility index (Phi) is 6.90. The zero-order valence-electron chi connectivity index (χ0n) is 12.3. The van der Waals surface area contributed by atoms with E-state index in [2.05, 4.69) is 5.32 Å². The number of carboxylic acids is 1. The van der Waals surface area contributed by atoms with Crippen molar-refractivity contribution in [1.29, 1.82) is 0 Å². The summed E-state index contributed by atoms with van der Waals surface area (Å²) in [7, 11) is 1.58. The van der Waals surface area contributed by atoms with E-state index >= 15 is 0 Å². The van der Waals surface area contributed by atoms with Crippen molar-refractivity contribution in [1.82, 2.24) is 10.2 Å². The summed E-state index contributed by atoms with van der Waals surface area (Å²) in [5, 5.41) is 12.0. The van der Waals surface area contributed by atoms with Gasteiger partial charge in [0.25, 0.3) is 0 Å². The Labute approximate surface area is 119 Å². The van der Waals surface area contributed by atoms with Gasteiger partial charge >= 0.3 is 5.97 Å². The molecule has 0 bridgehead atoms. The van der Waals surface area contributed by atoms with Crippen LogP contribution in [-0.4, -0.2) is 74.0 Å². The lowest BCUT2D eigenvalue weighted by molar-refractivity contribution is -0.143. The van der Waals surface area contributed by atoms with Crippen LogP contribution in [0.1, 0.15) is 13.8 Å². The Balaban J connectivity index is 2.54. The summed E-state index contributed by atoms with van der Waals surface area (Å²) >= 11 is 0. The fourth-order valence-corrected chi connectivity index (χ4v) is 2.40. The standard InChI is InChI=1S/C13H24N2O5/c1-4-15(5-12(16)14-9(2)6-19-3)11-8-20-7-10(11)13(17)18/h9-11H,4-8H2,1-3H3,(H,14,16)(H,17,18). The van der Waals surface area contributed by atoms with E-state index < -0.39 is 11.9 Å². The second kappa shape index (κ2) is 8.18. The number of hydrogen-bond donors (Lipinski definition) is 2. The summed E-state index contributed by atoms with van der Waals surface area (Å²) in [5.74, 6) is -1.58. The molecule has 0 spiro atoms. The van der Waals surface area contributed by atoms with Gasteiger partial charge in [0.1, 0.15) is 0 Å². The Morgan fingerprint density at radius 3 is 2.75 bits per heavy atom. The van der Waals surface area contributed by atoms with Gasteiger partial charge in [0.15, 0.2) is 0 Å². The summed E-state index contributed by atoms with van der Waals surface area (Å²) in [6, 6.07) is -0.317. The summed E-state index contributed by atoms with van der Waals surface area (Å²) < 4.78 is 10.2. The normalized spacial score (nSPS) is 23.8. The van der Waals surface area contributed by atoms with E-state index in [1.807, 2.05) is 18.7 Å². The van der Waals surface area contributed by atoms with Crippen molar-refractivity contribution < 1.29 is 24.2 Å². The molecule has 1 aliphatic heterocycles. The molecule has 1 rings (SSSR count). The lowest BCUT2D eigenvalue weighted by atomic mass is 10.0. The maximum Gasteiger partial charge on any atom is 0.310 e. The zero-order chi connectivity index (χ0) is 15.1. The van der Waals surface area contributed by atoms with Crippen LogP contribution in [0.4, 0.5) is 0 Å². The average Bonchev–Trinajstić information content (AvgIpc) is 2.85. The largest absolute Gasteiger partial charge is 0.481 e. The summed E-state index contributed by atoms with van der Waals surface area (Å²) in [4.78, 5) is 24.9. The second-order valence-corrected chi connectivity index (χ2v) is 5.04. The number of methoxy groups -OCH3 is 1. The van der Waals surface area contributed by atoms with Crippen LogP contribution in [0, 0.1) is 5.92 Å². The molecule has 0 saturated carbocycles. The molecule has 1 fully saturated rings. The highest BCUT2D eigenvalue weighted by Crippen LogP contribution is 2.19. The molecule has 1 amide bonds. The number of rotatable bonds is 8. The van der Waals surface area contributed by atoms with Crippen molar-refractivity contribution in [2.45, 2.75) is 25.9 Å². The molecule has 0 aliphatic carbocycles. The van der Waals surface area contributed by atoms with E-state index in [4.69, 9.17) is 14.6 Å². The fourth-order valence-electron chi connectivity index (χ4n) is 2.40. The SMILES string of the molecule is CCN(CC(=O)NC(C)COC)C1COCC1C(=O)O. The molecule has 0 aromatic rings. The number of carbonyl (C=O) groups excluding carboxylic acids is 1. The first-order chi connectivity index (χ1) is 9.49. The van der Waals surface area contributed by atoms with Crippen LogP contribution in [0.15, 0.2) is 0 Å². The number of hydrogen-bond acceptors (Lipinski definition) is 5. The van der Waals surface area contributed by atoms with Crippen molar-refractivity contribution >= 4 is 11.9 Å². The van der Waals surface area contributed by atoms with E-state index in [1.54, 1.807) is 7.11 Å². The molecule has 0 aromatic carbocycles. The number of carbonyl (C=O) groups is 2. The Morgan fingerprint density at radius 2 is 2.20 bits per heavy atom. The second-order valence-electron chi connectivity index (χ2n) is 5.04. The molecule has 2 N–H and O–H groups in total.